The van der Waals surface area contributed by atoms with E-state index in [2.05, 4.69) is 10.9 Å². The first kappa shape index (κ1) is 21.8. The quantitative estimate of drug-likeness (QED) is 0.681. The van der Waals surface area contributed by atoms with Gasteiger partial charge in [-0.15, -0.1) is 0 Å². The van der Waals surface area contributed by atoms with Crippen molar-refractivity contribution in [3.63, 3.8) is 0 Å². The molecule has 0 aromatic heterocycles. The van der Waals surface area contributed by atoms with Crippen molar-refractivity contribution in [1.29, 1.82) is 0 Å². The van der Waals surface area contributed by atoms with Crippen molar-refractivity contribution >= 4 is 21.8 Å². The van der Waals surface area contributed by atoms with E-state index in [1.165, 1.54) is 28.6 Å². The third kappa shape index (κ3) is 5.17. The summed E-state index contributed by atoms with van der Waals surface area (Å²) in [5, 5.41) is 0. The number of nitrogens with one attached hydrogen (secondary N) is 2. The molecule has 160 valence electrons. The standard InChI is InChI=1S/C21H25N3O5S/c1-15-6-5-7-18(14-15)29-16(2)20(25)22-23-21(26)17-8-10-19(11-9-17)30(27,28)24-12-3-4-13-24/h5-11,14,16H,3-4,12-13H2,1-2H3,(H,22,25)(H,23,26). The molecule has 1 heterocycles. The number of amides is 2. The molecular weight excluding hydrogens is 406 g/mol. The lowest BCUT2D eigenvalue weighted by molar-refractivity contribution is -0.128. The molecule has 1 atom stereocenters. The van der Waals surface area contributed by atoms with Crippen LogP contribution in [0.15, 0.2) is 53.4 Å². The summed E-state index contributed by atoms with van der Waals surface area (Å²) in [6.45, 7) is 4.51. The van der Waals surface area contributed by atoms with Gasteiger partial charge in [-0.05, 0) is 68.7 Å². The Morgan fingerprint density at radius 2 is 1.70 bits per heavy atom. The summed E-state index contributed by atoms with van der Waals surface area (Å²) in [5.74, 6) is -0.520. The molecule has 9 heteroatoms. The van der Waals surface area contributed by atoms with Crippen molar-refractivity contribution in [1.82, 2.24) is 15.2 Å². The predicted octanol–water partition coefficient (Wildman–Crippen LogP) is 2.01. The molecule has 2 aromatic rings. The number of nitrogens with zero attached hydrogens (tertiary/aromatic N) is 1. The molecule has 1 saturated heterocycles. The number of carbonyl (C=O) groups is 2. The van der Waals surface area contributed by atoms with Gasteiger partial charge in [-0.1, -0.05) is 12.1 Å². The molecule has 0 radical (unpaired) electrons. The molecule has 2 amide bonds. The highest BCUT2D eigenvalue weighted by atomic mass is 32.2. The van der Waals surface area contributed by atoms with Crippen LogP contribution in [-0.4, -0.2) is 43.7 Å². The number of carbonyl (C=O) groups excluding carboxylic acids is 2. The van der Waals surface area contributed by atoms with E-state index in [-0.39, 0.29) is 10.5 Å². The number of hydrazine groups is 1. The first-order valence-electron chi connectivity index (χ1n) is 9.71. The van der Waals surface area contributed by atoms with E-state index in [1.54, 1.807) is 19.1 Å². The summed E-state index contributed by atoms with van der Waals surface area (Å²) in [7, 11) is -3.54. The minimum atomic E-state index is -3.54. The zero-order chi connectivity index (χ0) is 21.7. The van der Waals surface area contributed by atoms with E-state index in [0.717, 1.165) is 18.4 Å². The Morgan fingerprint density at radius 3 is 2.33 bits per heavy atom. The molecule has 0 bridgehead atoms. The summed E-state index contributed by atoms with van der Waals surface area (Å²) < 4.78 is 32.1. The minimum Gasteiger partial charge on any atom is -0.481 e. The summed E-state index contributed by atoms with van der Waals surface area (Å²) in [6.07, 6.45) is 0.886. The van der Waals surface area contributed by atoms with Gasteiger partial charge in [-0.2, -0.15) is 4.31 Å². The summed E-state index contributed by atoms with van der Waals surface area (Å²) >= 11 is 0. The Balaban J connectivity index is 1.54. The Morgan fingerprint density at radius 1 is 1.03 bits per heavy atom. The number of benzene rings is 2. The maximum atomic E-state index is 12.5. The van der Waals surface area contributed by atoms with Crippen LogP contribution in [0.2, 0.25) is 0 Å². The number of rotatable bonds is 6. The van der Waals surface area contributed by atoms with Crippen LogP contribution >= 0.6 is 0 Å². The van der Waals surface area contributed by atoms with E-state index < -0.39 is 27.9 Å². The lowest BCUT2D eigenvalue weighted by Crippen LogP contribution is -2.47. The molecule has 3 rings (SSSR count). The number of ether oxygens (including phenoxy) is 1. The van der Waals surface area contributed by atoms with Crippen molar-refractivity contribution in [2.24, 2.45) is 0 Å². The number of aryl methyl sites for hydroxylation is 1. The minimum absolute atomic E-state index is 0.144. The van der Waals surface area contributed by atoms with E-state index >= 15 is 0 Å². The van der Waals surface area contributed by atoms with Gasteiger partial charge in [0.1, 0.15) is 5.75 Å². The highest BCUT2D eigenvalue weighted by molar-refractivity contribution is 7.89. The molecule has 0 saturated carbocycles. The van der Waals surface area contributed by atoms with Gasteiger partial charge in [-0.3, -0.25) is 20.4 Å². The van der Waals surface area contributed by atoms with Crippen LogP contribution in [0.5, 0.6) is 5.75 Å². The van der Waals surface area contributed by atoms with Gasteiger partial charge in [0.2, 0.25) is 10.0 Å². The van der Waals surface area contributed by atoms with Gasteiger partial charge < -0.3 is 4.74 Å². The van der Waals surface area contributed by atoms with Gasteiger partial charge in [0.05, 0.1) is 4.90 Å². The van der Waals surface area contributed by atoms with Crippen LogP contribution in [-0.2, 0) is 14.8 Å². The zero-order valence-corrected chi connectivity index (χ0v) is 17.7. The number of sulfonamides is 1. The molecule has 1 fully saturated rings. The van der Waals surface area contributed by atoms with Crippen molar-refractivity contribution < 1.29 is 22.7 Å². The molecule has 8 nitrogen and oxygen atoms in total. The average Bonchev–Trinajstić information content (AvgIpc) is 3.27. The van der Waals surface area contributed by atoms with Crippen LogP contribution in [0, 0.1) is 6.92 Å². The molecule has 1 aliphatic heterocycles. The first-order valence-corrected chi connectivity index (χ1v) is 11.1. The van der Waals surface area contributed by atoms with Crippen LogP contribution in [0.4, 0.5) is 0 Å². The van der Waals surface area contributed by atoms with Crippen LogP contribution < -0.4 is 15.6 Å². The number of hydrogen-bond acceptors (Lipinski definition) is 5. The molecule has 2 N–H and O–H groups in total. The lowest BCUT2D eigenvalue weighted by Gasteiger charge is -2.16. The van der Waals surface area contributed by atoms with Gasteiger partial charge in [0, 0.05) is 18.7 Å². The predicted molar refractivity (Wildman–Crippen MR) is 111 cm³/mol. The van der Waals surface area contributed by atoms with Crippen LogP contribution in [0.3, 0.4) is 0 Å². The lowest BCUT2D eigenvalue weighted by atomic mass is 10.2. The molecule has 30 heavy (non-hydrogen) atoms. The largest absolute Gasteiger partial charge is 0.481 e. The fourth-order valence-corrected chi connectivity index (χ4v) is 4.61. The fraction of sp³-hybridized carbons (Fsp3) is 0.333. The molecule has 1 unspecified atom stereocenters. The Kier molecular flexibility index (Phi) is 6.73. The second-order valence-corrected chi connectivity index (χ2v) is 9.09. The third-order valence-electron chi connectivity index (χ3n) is 4.79. The van der Waals surface area contributed by atoms with Gasteiger partial charge in [0.25, 0.3) is 11.8 Å². The zero-order valence-electron chi connectivity index (χ0n) is 16.9. The second-order valence-electron chi connectivity index (χ2n) is 7.16. The third-order valence-corrected chi connectivity index (χ3v) is 6.70. The van der Waals surface area contributed by atoms with Gasteiger partial charge in [-0.25, -0.2) is 8.42 Å². The van der Waals surface area contributed by atoms with Crippen LogP contribution in [0.25, 0.3) is 0 Å². The summed E-state index contributed by atoms with van der Waals surface area (Å²) in [5.41, 5.74) is 5.86. The van der Waals surface area contributed by atoms with Crippen molar-refractivity contribution in [3.05, 3.63) is 59.7 Å². The highest BCUT2D eigenvalue weighted by Crippen LogP contribution is 2.21. The van der Waals surface area contributed by atoms with E-state index in [4.69, 9.17) is 4.74 Å². The SMILES string of the molecule is Cc1cccc(OC(C)C(=O)NNC(=O)c2ccc(S(=O)(=O)N3CCCC3)cc2)c1. The first-order chi connectivity index (χ1) is 14.3. The van der Waals surface area contributed by atoms with Crippen molar-refractivity contribution in [3.8, 4) is 5.75 Å². The average molecular weight is 432 g/mol. The van der Waals surface area contributed by atoms with Crippen LogP contribution in [0.1, 0.15) is 35.7 Å². The second kappa shape index (κ2) is 9.27. The topological polar surface area (TPSA) is 105 Å². The Labute approximate surface area is 176 Å². The monoisotopic (exact) mass is 431 g/mol. The van der Waals surface area contributed by atoms with Gasteiger partial charge in [0.15, 0.2) is 6.10 Å². The number of hydrogen-bond donors (Lipinski definition) is 2. The molecular formula is C21H25N3O5S. The Bertz CT molecular complexity index is 1020. The fourth-order valence-electron chi connectivity index (χ4n) is 3.09. The Hall–Kier alpha value is -2.91. The summed E-state index contributed by atoms with van der Waals surface area (Å²) in [6, 6.07) is 12.9. The maximum Gasteiger partial charge on any atom is 0.279 e. The van der Waals surface area contributed by atoms with E-state index in [9.17, 15) is 18.0 Å². The maximum absolute atomic E-state index is 12.5. The molecule has 0 aliphatic carbocycles. The normalized spacial score (nSPS) is 15.4. The van der Waals surface area contributed by atoms with E-state index in [1.807, 2.05) is 19.1 Å². The van der Waals surface area contributed by atoms with Gasteiger partial charge >= 0.3 is 0 Å². The van der Waals surface area contributed by atoms with Crippen molar-refractivity contribution in [2.45, 2.75) is 37.7 Å². The smallest absolute Gasteiger partial charge is 0.279 e. The van der Waals surface area contributed by atoms with E-state index in [0.29, 0.717) is 18.8 Å². The molecule has 2 aromatic carbocycles. The molecule has 0 spiro atoms. The van der Waals surface area contributed by atoms with Crippen molar-refractivity contribution in [2.75, 3.05) is 13.1 Å². The summed E-state index contributed by atoms with van der Waals surface area (Å²) in [4.78, 5) is 24.6. The molecule has 1 aliphatic rings. The highest BCUT2D eigenvalue weighted by Gasteiger charge is 2.27.